The van der Waals surface area contributed by atoms with E-state index in [0.717, 1.165) is 35.6 Å². The molecule has 3 nitrogen and oxygen atoms in total. The highest BCUT2D eigenvalue weighted by atomic mass is 16.3. The molecule has 3 heteroatoms. The van der Waals surface area contributed by atoms with Gasteiger partial charge in [-0.25, -0.2) is 4.85 Å². The number of aryl methyl sites for hydroxylation is 1. The lowest BCUT2D eigenvalue weighted by atomic mass is 9.82. The minimum Gasteiger partial charge on any atom is -0.456 e. The summed E-state index contributed by atoms with van der Waals surface area (Å²) in [4.78, 5) is 3.79. The second-order valence-corrected chi connectivity index (χ2v) is 10.8. The van der Waals surface area contributed by atoms with Gasteiger partial charge in [-0.05, 0) is 48.6 Å². The zero-order chi connectivity index (χ0) is 29.4. The second-order valence-electron chi connectivity index (χ2n) is 10.8. The number of fused-ring (bicyclic) bond motifs is 3. The van der Waals surface area contributed by atoms with E-state index in [9.17, 15) is 2.74 Å². The van der Waals surface area contributed by atoms with Gasteiger partial charge in [0.2, 0.25) is 5.69 Å². The van der Waals surface area contributed by atoms with E-state index in [4.69, 9.17) is 15.1 Å². The number of hydrogen-bond donors (Lipinski definition) is 0. The van der Waals surface area contributed by atoms with E-state index >= 15 is 0 Å². The van der Waals surface area contributed by atoms with Gasteiger partial charge in [-0.1, -0.05) is 64.3 Å². The Morgan fingerprint density at radius 3 is 2.46 bits per heavy atom. The van der Waals surface area contributed by atoms with Crippen molar-refractivity contribution in [3.63, 3.8) is 0 Å². The molecule has 2 heterocycles. The van der Waals surface area contributed by atoms with Crippen molar-refractivity contribution in [2.24, 2.45) is 12.5 Å². The van der Waals surface area contributed by atoms with Crippen LogP contribution in [0.15, 0.2) is 40.8 Å². The van der Waals surface area contributed by atoms with Crippen LogP contribution in [0.5, 0.6) is 0 Å². The van der Waals surface area contributed by atoms with E-state index in [1.54, 1.807) is 45.4 Å². The van der Waals surface area contributed by atoms with Crippen LogP contribution in [0.25, 0.3) is 38.0 Å². The second kappa shape index (κ2) is 8.83. The Balaban J connectivity index is 1.91. The maximum absolute atomic E-state index is 9.40. The molecule has 0 unspecified atom stereocenters. The Morgan fingerprint density at radius 1 is 1.09 bits per heavy atom. The molecule has 1 saturated carbocycles. The number of aromatic nitrogens is 1. The molecule has 0 N–H and O–H groups in total. The molecule has 2 aromatic carbocycles. The highest BCUT2D eigenvalue weighted by molar-refractivity contribution is 6.11. The average molecular weight is 471 g/mol. The van der Waals surface area contributed by atoms with Crippen molar-refractivity contribution in [1.29, 1.82) is 0 Å². The van der Waals surface area contributed by atoms with Gasteiger partial charge in [-0.2, -0.15) is 4.57 Å². The van der Waals surface area contributed by atoms with E-state index in [2.05, 4.69) is 4.85 Å². The number of benzene rings is 2. The van der Waals surface area contributed by atoms with Crippen LogP contribution >= 0.6 is 0 Å². The summed E-state index contributed by atoms with van der Waals surface area (Å²) in [6, 6.07) is 7.67. The van der Waals surface area contributed by atoms with Crippen molar-refractivity contribution in [2.75, 3.05) is 0 Å². The third-order valence-electron chi connectivity index (χ3n) is 7.05. The minimum atomic E-state index is -1.93. The zero-order valence-electron chi connectivity index (χ0n) is 26.6. The molecule has 4 aromatic rings. The van der Waals surface area contributed by atoms with Crippen LogP contribution in [0.1, 0.15) is 88.0 Å². The molecule has 5 rings (SSSR count). The van der Waals surface area contributed by atoms with Crippen LogP contribution in [-0.2, 0) is 13.4 Å². The van der Waals surface area contributed by atoms with Crippen molar-refractivity contribution in [1.82, 2.24) is 0 Å². The van der Waals surface area contributed by atoms with E-state index < -0.39 is 17.7 Å². The van der Waals surface area contributed by atoms with Crippen LogP contribution in [0.4, 0.5) is 5.69 Å². The molecular formula is C32H37N2O+. The van der Waals surface area contributed by atoms with Crippen molar-refractivity contribution in [3.05, 3.63) is 70.2 Å². The number of furan rings is 1. The fourth-order valence-electron chi connectivity index (χ4n) is 5.28. The first-order valence-electron chi connectivity index (χ1n) is 15.0. The van der Waals surface area contributed by atoms with Gasteiger partial charge in [-0.15, -0.1) is 0 Å². The molecule has 0 saturated heterocycles. The molecule has 0 atom stereocenters. The van der Waals surface area contributed by atoms with Gasteiger partial charge in [0.05, 0.1) is 14.9 Å². The number of nitrogens with zero attached hydrogens (tertiary/aromatic N) is 2. The summed E-state index contributed by atoms with van der Waals surface area (Å²) in [5.74, 6) is -0.897. The van der Waals surface area contributed by atoms with Crippen molar-refractivity contribution in [3.8, 4) is 11.3 Å². The van der Waals surface area contributed by atoms with E-state index in [1.165, 1.54) is 0 Å². The number of hydrogen-bond acceptors (Lipinski definition) is 1. The molecule has 0 aliphatic heterocycles. The Kier molecular flexibility index (Phi) is 4.59. The normalized spacial score (nSPS) is 18.5. The SMILES string of the molecule is [2H]c1c(C([2H])([2H])C(C)(C)C)c([2H])c(-c2c(C)ccc3c2oc2c(C4([2H])CCCCC4)c([N+]#[C-])ccc23)[n+](C)c1C. The van der Waals surface area contributed by atoms with Gasteiger partial charge in [0.15, 0.2) is 11.4 Å². The smallest absolute Gasteiger partial charge is 0.216 e. The van der Waals surface area contributed by atoms with Crippen LogP contribution < -0.4 is 4.57 Å². The summed E-state index contributed by atoms with van der Waals surface area (Å²) in [5, 5.41) is 1.67. The average Bonchev–Trinajstić information content (AvgIpc) is 3.26. The quantitative estimate of drug-likeness (QED) is 0.216. The first kappa shape index (κ1) is 18.2. The first-order chi connectivity index (χ1) is 18.7. The summed E-state index contributed by atoms with van der Waals surface area (Å²) >= 11 is 0. The standard InChI is InChI=1S/C32H37N2O/c1-20-13-14-24-25-15-16-26(33-6)29(23-11-9-8-10-12-23)31(25)35-30(24)28(20)27-18-22(19-32(3,4)5)17-21(2)34(27)7/h13-18,23H,8-12,19H2,1-5,7H3/q+1/i17D,18D,19D2,23D. The van der Waals surface area contributed by atoms with Crippen molar-refractivity contribution >= 4 is 27.6 Å². The van der Waals surface area contributed by atoms with E-state index in [-0.39, 0.29) is 17.6 Å². The summed E-state index contributed by atoms with van der Waals surface area (Å²) in [7, 11) is 1.81. The van der Waals surface area contributed by atoms with Crippen LogP contribution in [0.3, 0.4) is 0 Å². The lowest BCUT2D eigenvalue weighted by Crippen LogP contribution is -2.35. The molecule has 35 heavy (non-hydrogen) atoms. The highest BCUT2D eigenvalue weighted by Gasteiger charge is 2.27. The zero-order valence-corrected chi connectivity index (χ0v) is 21.6. The predicted molar refractivity (Wildman–Crippen MR) is 145 cm³/mol. The van der Waals surface area contributed by atoms with Gasteiger partial charge >= 0.3 is 0 Å². The highest BCUT2D eigenvalue weighted by Crippen LogP contribution is 2.46. The molecular weight excluding hydrogens is 428 g/mol. The Labute approximate surface area is 216 Å². The minimum absolute atomic E-state index is 0.0274. The molecule has 180 valence electrons. The number of rotatable bonds is 3. The Morgan fingerprint density at radius 2 is 1.77 bits per heavy atom. The predicted octanol–water partition coefficient (Wildman–Crippen LogP) is 8.88. The largest absolute Gasteiger partial charge is 0.456 e. The van der Waals surface area contributed by atoms with Crippen LogP contribution in [-0.4, -0.2) is 0 Å². The fraction of sp³-hybridized carbons (Fsp3) is 0.438. The summed E-state index contributed by atoms with van der Waals surface area (Å²) < 4.78 is 54.0. The maximum Gasteiger partial charge on any atom is 0.216 e. The Bertz CT molecular complexity index is 1720. The van der Waals surface area contributed by atoms with Crippen molar-refractivity contribution < 1.29 is 15.8 Å². The number of pyridine rings is 1. The van der Waals surface area contributed by atoms with E-state index in [1.807, 2.05) is 25.1 Å². The summed E-state index contributed by atoms with van der Waals surface area (Å²) in [5.41, 5.74) is 4.03. The molecule has 1 fully saturated rings. The maximum atomic E-state index is 9.40. The topological polar surface area (TPSA) is 21.4 Å². The fourth-order valence-corrected chi connectivity index (χ4v) is 5.28. The molecule has 0 radical (unpaired) electrons. The molecule has 0 spiro atoms. The molecule has 1 aliphatic carbocycles. The monoisotopic (exact) mass is 470 g/mol. The Hall–Kier alpha value is -3.12. The third-order valence-corrected chi connectivity index (χ3v) is 7.05. The lowest BCUT2D eigenvalue weighted by Gasteiger charge is -2.23. The van der Waals surface area contributed by atoms with Gasteiger partial charge in [0, 0.05) is 39.5 Å². The molecule has 0 amide bonds. The van der Waals surface area contributed by atoms with Crippen LogP contribution in [0.2, 0.25) is 0 Å². The summed E-state index contributed by atoms with van der Waals surface area (Å²) in [6.45, 7) is 17.0. The van der Waals surface area contributed by atoms with Crippen LogP contribution in [0, 0.1) is 25.8 Å². The van der Waals surface area contributed by atoms with Gasteiger partial charge in [0.25, 0.3) is 0 Å². The van der Waals surface area contributed by atoms with Gasteiger partial charge in [0.1, 0.15) is 18.2 Å². The van der Waals surface area contributed by atoms with Crippen molar-refractivity contribution in [2.45, 2.75) is 79.0 Å². The van der Waals surface area contributed by atoms with Gasteiger partial charge in [-0.3, -0.25) is 0 Å². The molecule has 0 bridgehead atoms. The third kappa shape index (κ3) is 4.25. The first-order valence-corrected chi connectivity index (χ1v) is 12.5. The summed E-state index contributed by atoms with van der Waals surface area (Å²) in [6.07, 6.45) is 2.40. The van der Waals surface area contributed by atoms with Gasteiger partial charge < -0.3 is 4.42 Å². The molecule has 2 aromatic heterocycles. The molecule has 1 aliphatic rings. The lowest BCUT2D eigenvalue weighted by molar-refractivity contribution is -0.666. The van der Waals surface area contributed by atoms with E-state index in [0.29, 0.717) is 52.2 Å².